The number of hydrogen-bond donors (Lipinski definition) is 0. The topological polar surface area (TPSA) is 6.48 Å². The first-order valence-electron chi connectivity index (χ1n) is 4.27. The first-order chi connectivity index (χ1) is 4.83. The number of hydrogen-bond acceptors (Lipinski definition) is 2. The normalized spacial score (nSPS) is 41.4. The molecule has 2 aliphatic heterocycles. The molecule has 58 valence electrons. The molecule has 0 spiro atoms. The maximum Gasteiger partial charge on any atom is 0.0379 e. The summed E-state index contributed by atoms with van der Waals surface area (Å²) in [6.45, 7) is 6.14. The van der Waals surface area contributed by atoms with Crippen molar-refractivity contribution in [1.29, 1.82) is 0 Å². The fourth-order valence-electron chi connectivity index (χ4n) is 2.34. The van der Waals surface area contributed by atoms with Gasteiger partial charge in [0.15, 0.2) is 0 Å². The van der Waals surface area contributed by atoms with E-state index in [0.29, 0.717) is 0 Å². The molecule has 0 N–H and O–H groups in total. The van der Waals surface area contributed by atoms with E-state index in [2.05, 4.69) is 23.8 Å². The number of likely N-dealkylation sites (N-methyl/N-ethyl adjacent to an activating group) is 2. The van der Waals surface area contributed by atoms with Crippen molar-refractivity contribution in [1.82, 2.24) is 9.80 Å². The van der Waals surface area contributed by atoms with E-state index in [-0.39, 0.29) is 0 Å². The lowest BCUT2D eigenvalue weighted by atomic mass is 9.99. The van der Waals surface area contributed by atoms with Crippen LogP contribution in [-0.4, -0.2) is 48.6 Å². The Morgan fingerprint density at radius 2 is 2.20 bits per heavy atom. The summed E-state index contributed by atoms with van der Waals surface area (Å²) in [5, 5.41) is 0. The molecule has 2 heterocycles. The lowest BCUT2D eigenvalue weighted by Gasteiger charge is -2.44. The van der Waals surface area contributed by atoms with Crippen molar-refractivity contribution in [3.05, 3.63) is 0 Å². The highest BCUT2D eigenvalue weighted by molar-refractivity contribution is 5.01. The molecule has 2 unspecified atom stereocenters. The SMILES string of the molecule is CCN1CCC2C1CN2C. The molecule has 2 heteroatoms. The summed E-state index contributed by atoms with van der Waals surface area (Å²) >= 11 is 0. The first-order valence-corrected chi connectivity index (χ1v) is 4.27. The van der Waals surface area contributed by atoms with Gasteiger partial charge in [0.2, 0.25) is 0 Å². The molecule has 0 saturated carbocycles. The van der Waals surface area contributed by atoms with Crippen molar-refractivity contribution < 1.29 is 0 Å². The van der Waals surface area contributed by atoms with Crippen LogP contribution < -0.4 is 0 Å². The fraction of sp³-hybridized carbons (Fsp3) is 1.00. The Morgan fingerprint density at radius 1 is 1.40 bits per heavy atom. The van der Waals surface area contributed by atoms with Gasteiger partial charge in [-0.15, -0.1) is 0 Å². The summed E-state index contributed by atoms with van der Waals surface area (Å²) in [6, 6.07) is 1.81. The van der Waals surface area contributed by atoms with Crippen LogP contribution in [0.15, 0.2) is 0 Å². The van der Waals surface area contributed by atoms with Gasteiger partial charge in [0.25, 0.3) is 0 Å². The molecule has 0 aromatic heterocycles. The Kier molecular flexibility index (Phi) is 1.46. The minimum atomic E-state index is 0.903. The van der Waals surface area contributed by atoms with Crippen LogP contribution in [-0.2, 0) is 0 Å². The van der Waals surface area contributed by atoms with Gasteiger partial charge >= 0.3 is 0 Å². The van der Waals surface area contributed by atoms with Gasteiger partial charge in [-0.1, -0.05) is 6.92 Å². The monoisotopic (exact) mass is 140 g/mol. The van der Waals surface area contributed by atoms with E-state index in [1.54, 1.807) is 0 Å². The standard InChI is InChI=1S/C8H16N2/c1-3-10-5-4-7-8(10)6-9(7)2/h7-8H,3-6H2,1-2H3. The van der Waals surface area contributed by atoms with Gasteiger partial charge in [0, 0.05) is 25.2 Å². The zero-order chi connectivity index (χ0) is 7.14. The van der Waals surface area contributed by atoms with Crippen LogP contribution in [0.5, 0.6) is 0 Å². The number of fused-ring (bicyclic) bond motifs is 1. The Morgan fingerprint density at radius 3 is 2.70 bits per heavy atom. The van der Waals surface area contributed by atoms with Crippen LogP contribution in [0.4, 0.5) is 0 Å². The molecule has 2 saturated heterocycles. The third-order valence-electron chi connectivity index (χ3n) is 3.07. The molecule has 0 amide bonds. The predicted molar refractivity (Wildman–Crippen MR) is 42.1 cm³/mol. The lowest BCUT2D eigenvalue weighted by Crippen LogP contribution is -2.59. The number of nitrogens with zero attached hydrogens (tertiary/aromatic N) is 2. The Hall–Kier alpha value is -0.0800. The number of likely N-dealkylation sites (tertiary alicyclic amines) is 2. The molecule has 0 aromatic rings. The number of rotatable bonds is 1. The molecule has 0 bridgehead atoms. The summed E-state index contributed by atoms with van der Waals surface area (Å²) in [5.41, 5.74) is 0. The predicted octanol–water partition coefficient (Wildman–Crippen LogP) is 0.395. The maximum absolute atomic E-state index is 2.60. The fourth-order valence-corrected chi connectivity index (χ4v) is 2.34. The molecule has 2 fully saturated rings. The van der Waals surface area contributed by atoms with Crippen molar-refractivity contribution in [3.63, 3.8) is 0 Å². The van der Waals surface area contributed by atoms with Gasteiger partial charge < -0.3 is 4.90 Å². The van der Waals surface area contributed by atoms with Crippen LogP contribution in [0.1, 0.15) is 13.3 Å². The molecular weight excluding hydrogens is 124 g/mol. The van der Waals surface area contributed by atoms with E-state index in [1.807, 2.05) is 0 Å². The van der Waals surface area contributed by atoms with E-state index >= 15 is 0 Å². The van der Waals surface area contributed by atoms with Gasteiger partial charge in [-0.25, -0.2) is 0 Å². The Bertz CT molecular complexity index is 129. The van der Waals surface area contributed by atoms with Crippen molar-refractivity contribution >= 4 is 0 Å². The highest BCUT2D eigenvalue weighted by atomic mass is 15.4. The van der Waals surface area contributed by atoms with E-state index in [9.17, 15) is 0 Å². The average Bonchev–Trinajstić information content (AvgIpc) is 2.25. The zero-order valence-electron chi connectivity index (χ0n) is 6.88. The molecule has 2 aliphatic rings. The third-order valence-corrected chi connectivity index (χ3v) is 3.07. The molecular formula is C8H16N2. The molecule has 2 rings (SSSR count). The van der Waals surface area contributed by atoms with E-state index < -0.39 is 0 Å². The zero-order valence-corrected chi connectivity index (χ0v) is 6.88. The van der Waals surface area contributed by atoms with Gasteiger partial charge in [-0.2, -0.15) is 0 Å². The summed E-state index contributed by atoms with van der Waals surface area (Å²) in [6.07, 6.45) is 1.40. The van der Waals surface area contributed by atoms with Crippen molar-refractivity contribution in [3.8, 4) is 0 Å². The van der Waals surface area contributed by atoms with Crippen molar-refractivity contribution in [2.45, 2.75) is 25.4 Å². The van der Waals surface area contributed by atoms with Crippen molar-refractivity contribution in [2.75, 3.05) is 26.7 Å². The molecule has 2 nitrogen and oxygen atoms in total. The van der Waals surface area contributed by atoms with E-state index in [1.165, 1.54) is 26.1 Å². The summed E-state index contributed by atoms with van der Waals surface area (Å²) < 4.78 is 0. The van der Waals surface area contributed by atoms with Crippen LogP contribution in [0.3, 0.4) is 0 Å². The summed E-state index contributed by atoms with van der Waals surface area (Å²) in [5.74, 6) is 0. The maximum atomic E-state index is 2.60. The van der Waals surface area contributed by atoms with Gasteiger partial charge in [-0.05, 0) is 20.0 Å². The smallest absolute Gasteiger partial charge is 0.0379 e. The Labute approximate surface area is 62.8 Å². The molecule has 0 aromatic carbocycles. The highest BCUT2D eigenvalue weighted by Crippen LogP contribution is 2.30. The van der Waals surface area contributed by atoms with Crippen LogP contribution in [0.2, 0.25) is 0 Å². The van der Waals surface area contributed by atoms with E-state index in [0.717, 1.165) is 12.1 Å². The van der Waals surface area contributed by atoms with Gasteiger partial charge in [0.1, 0.15) is 0 Å². The van der Waals surface area contributed by atoms with Gasteiger partial charge in [0.05, 0.1) is 0 Å². The van der Waals surface area contributed by atoms with Gasteiger partial charge in [-0.3, -0.25) is 4.90 Å². The highest BCUT2D eigenvalue weighted by Gasteiger charge is 2.43. The largest absolute Gasteiger partial charge is 0.300 e. The molecule has 2 atom stereocenters. The average molecular weight is 140 g/mol. The minimum absolute atomic E-state index is 0.903. The van der Waals surface area contributed by atoms with Crippen molar-refractivity contribution in [2.24, 2.45) is 0 Å². The molecule has 10 heavy (non-hydrogen) atoms. The second kappa shape index (κ2) is 2.21. The summed E-state index contributed by atoms with van der Waals surface area (Å²) in [7, 11) is 2.24. The quantitative estimate of drug-likeness (QED) is 0.520. The second-order valence-electron chi connectivity index (χ2n) is 3.49. The molecule has 0 radical (unpaired) electrons. The van der Waals surface area contributed by atoms with Crippen LogP contribution in [0.25, 0.3) is 0 Å². The first kappa shape index (κ1) is 6.62. The van der Waals surface area contributed by atoms with Crippen LogP contribution >= 0.6 is 0 Å². The third kappa shape index (κ3) is 0.722. The van der Waals surface area contributed by atoms with Crippen LogP contribution in [0, 0.1) is 0 Å². The minimum Gasteiger partial charge on any atom is -0.300 e. The lowest BCUT2D eigenvalue weighted by molar-refractivity contribution is 0.0483. The van der Waals surface area contributed by atoms with E-state index in [4.69, 9.17) is 0 Å². The molecule has 0 aliphatic carbocycles. The second-order valence-corrected chi connectivity index (χ2v) is 3.49. The Balaban J connectivity index is 1.97. The summed E-state index contributed by atoms with van der Waals surface area (Å²) in [4.78, 5) is 5.07.